The smallest absolute Gasteiger partial charge is 0.319 e. The van der Waals surface area contributed by atoms with Crippen LogP contribution >= 0.6 is 0 Å². The number of phenols is 1. The van der Waals surface area contributed by atoms with E-state index in [9.17, 15) is 9.90 Å². The average Bonchev–Trinajstić information content (AvgIpc) is 3.87. The first-order valence-electron chi connectivity index (χ1n) is 17.8. The standard InChI is InChI=1S/C38H44N6O3/c45-30-19-25-7-1-4-10-31(25)33(21-30)26-11-14-32-34(20-26)40-36(47-24-38-15-5-17-43(38)18-6-16-38)41-35(32)42-22-28-12-13-29(23-42)44(28)37(46)39-27-8-2-3-9-27/h1,4,7,10-11,14,19-21,27-29,45H,2-3,5-6,8-9,12-13,15-18,22-24H2,(H,39,46)/t28-,29+. The van der Waals surface area contributed by atoms with Gasteiger partial charge in [0.2, 0.25) is 0 Å². The van der Waals surface area contributed by atoms with Gasteiger partial charge < -0.3 is 25.0 Å². The van der Waals surface area contributed by atoms with E-state index in [4.69, 9.17) is 14.7 Å². The fourth-order valence-electron chi connectivity index (χ4n) is 9.49. The van der Waals surface area contributed by atoms with Crippen molar-refractivity contribution in [3.8, 4) is 22.9 Å². The lowest BCUT2D eigenvalue weighted by Crippen LogP contribution is -2.59. The first-order chi connectivity index (χ1) is 23.0. The van der Waals surface area contributed by atoms with Gasteiger partial charge in [0.05, 0.1) is 23.1 Å². The van der Waals surface area contributed by atoms with Crippen LogP contribution in [0.5, 0.6) is 11.8 Å². The fourth-order valence-corrected chi connectivity index (χ4v) is 9.49. The topological polar surface area (TPSA) is 94.1 Å². The van der Waals surface area contributed by atoms with Crippen LogP contribution in [0, 0.1) is 0 Å². The predicted octanol–water partition coefficient (Wildman–Crippen LogP) is 6.47. The van der Waals surface area contributed by atoms with Gasteiger partial charge in [-0.1, -0.05) is 43.2 Å². The molecule has 1 aliphatic carbocycles. The Bertz CT molecular complexity index is 1820. The number of carbonyl (C=O) groups is 1. The zero-order valence-electron chi connectivity index (χ0n) is 27.0. The summed E-state index contributed by atoms with van der Waals surface area (Å²) in [4.78, 5) is 30.7. The van der Waals surface area contributed by atoms with Crippen LogP contribution in [-0.4, -0.2) is 87.4 Å². The number of carbonyl (C=O) groups excluding carboxylic acids is 1. The quantitative estimate of drug-likeness (QED) is 0.252. The molecule has 0 spiro atoms. The summed E-state index contributed by atoms with van der Waals surface area (Å²) in [5, 5.41) is 17.0. The summed E-state index contributed by atoms with van der Waals surface area (Å²) >= 11 is 0. The number of hydrogen-bond acceptors (Lipinski definition) is 7. The third-order valence-electron chi connectivity index (χ3n) is 11.8. The van der Waals surface area contributed by atoms with Gasteiger partial charge >= 0.3 is 12.0 Å². The van der Waals surface area contributed by atoms with Crippen molar-refractivity contribution in [3.63, 3.8) is 0 Å². The van der Waals surface area contributed by atoms with Crippen molar-refractivity contribution in [2.75, 3.05) is 37.7 Å². The molecule has 9 nitrogen and oxygen atoms in total. The number of fused-ring (bicyclic) bond motifs is 5. The summed E-state index contributed by atoms with van der Waals surface area (Å²) < 4.78 is 6.57. The van der Waals surface area contributed by atoms with Crippen LogP contribution in [0.15, 0.2) is 54.6 Å². The summed E-state index contributed by atoms with van der Waals surface area (Å²) in [5.41, 5.74) is 2.88. The predicted molar refractivity (Wildman–Crippen MR) is 184 cm³/mol. The molecule has 3 aromatic carbocycles. The minimum absolute atomic E-state index is 0.0955. The molecule has 2 amide bonds. The SMILES string of the molecule is O=C(NC1CCCC1)N1[C@@H]2CC[C@H]1CN(c1nc(OCC34CCCN3CCC4)nc3cc(-c4cc(O)cc5ccccc45)ccc13)C2. The van der Waals surface area contributed by atoms with E-state index in [1.54, 1.807) is 0 Å². The minimum atomic E-state index is 0.0955. The van der Waals surface area contributed by atoms with Crippen LogP contribution in [0.25, 0.3) is 32.8 Å². The van der Waals surface area contributed by atoms with Crippen molar-refractivity contribution in [1.29, 1.82) is 0 Å². The molecule has 4 aliphatic heterocycles. The van der Waals surface area contributed by atoms with Crippen molar-refractivity contribution in [1.82, 2.24) is 25.1 Å². The number of hydrogen-bond donors (Lipinski definition) is 2. The molecule has 2 bridgehead atoms. The third kappa shape index (κ3) is 5.14. The highest BCUT2D eigenvalue weighted by molar-refractivity contribution is 6.01. The number of benzene rings is 3. The van der Waals surface area contributed by atoms with Crippen molar-refractivity contribution in [2.24, 2.45) is 0 Å². The van der Waals surface area contributed by atoms with Crippen LogP contribution in [0.4, 0.5) is 10.6 Å². The zero-order chi connectivity index (χ0) is 31.5. The summed E-state index contributed by atoms with van der Waals surface area (Å²) in [6, 6.07) is 19.3. The second-order valence-electron chi connectivity index (χ2n) is 14.6. The molecular formula is C38H44N6O3. The molecule has 47 heavy (non-hydrogen) atoms. The van der Waals surface area contributed by atoms with Crippen molar-refractivity contribution in [2.45, 2.75) is 87.9 Å². The molecular weight excluding hydrogens is 588 g/mol. The Morgan fingerprint density at radius 3 is 2.45 bits per heavy atom. The van der Waals surface area contributed by atoms with Crippen LogP contribution in [0.1, 0.15) is 64.2 Å². The van der Waals surface area contributed by atoms with Crippen molar-refractivity contribution in [3.05, 3.63) is 54.6 Å². The van der Waals surface area contributed by atoms with E-state index in [1.807, 2.05) is 30.3 Å². The van der Waals surface area contributed by atoms with Gasteiger partial charge in [0, 0.05) is 24.5 Å². The number of nitrogens with one attached hydrogen (secondary N) is 1. The molecule has 5 fully saturated rings. The van der Waals surface area contributed by atoms with Gasteiger partial charge in [0.1, 0.15) is 18.2 Å². The van der Waals surface area contributed by atoms with Gasteiger partial charge in [-0.3, -0.25) is 4.90 Å². The summed E-state index contributed by atoms with van der Waals surface area (Å²) in [5.74, 6) is 1.13. The minimum Gasteiger partial charge on any atom is -0.508 e. The maximum atomic E-state index is 13.4. The van der Waals surface area contributed by atoms with Gasteiger partial charge in [-0.25, -0.2) is 4.79 Å². The lowest BCUT2D eigenvalue weighted by Gasteiger charge is -2.42. The van der Waals surface area contributed by atoms with E-state index in [2.05, 4.69) is 44.3 Å². The number of anilines is 1. The second kappa shape index (κ2) is 11.5. The van der Waals surface area contributed by atoms with E-state index >= 15 is 0 Å². The van der Waals surface area contributed by atoms with E-state index in [0.29, 0.717) is 18.7 Å². The number of aromatic hydroxyl groups is 1. The maximum absolute atomic E-state index is 13.4. The van der Waals surface area contributed by atoms with E-state index < -0.39 is 0 Å². The first kappa shape index (κ1) is 29.1. The molecule has 4 saturated heterocycles. The summed E-state index contributed by atoms with van der Waals surface area (Å²) in [6.45, 7) is 4.40. The maximum Gasteiger partial charge on any atom is 0.319 e. The summed E-state index contributed by atoms with van der Waals surface area (Å²) in [6.07, 6.45) is 11.4. The molecule has 5 heterocycles. The summed E-state index contributed by atoms with van der Waals surface area (Å²) in [7, 11) is 0. The van der Waals surface area contributed by atoms with Crippen LogP contribution in [0.3, 0.4) is 0 Å². The second-order valence-corrected chi connectivity index (χ2v) is 14.6. The number of nitrogens with zero attached hydrogens (tertiary/aromatic N) is 5. The number of piperazine rings is 1. The number of phenolic OH excluding ortho intramolecular Hbond substituents is 1. The number of amides is 2. The molecule has 9 heteroatoms. The first-order valence-corrected chi connectivity index (χ1v) is 17.8. The Balaban J connectivity index is 1.07. The molecule has 4 aromatic rings. The van der Waals surface area contributed by atoms with Gasteiger partial charge in [0.25, 0.3) is 0 Å². The van der Waals surface area contributed by atoms with E-state index in [0.717, 1.165) is 103 Å². The lowest BCUT2D eigenvalue weighted by molar-refractivity contribution is 0.108. The Morgan fingerprint density at radius 1 is 0.894 bits per heavy atom. The molecule has 2 N–H and O–H groups in total. The Hall–Kier alpha value is -4.11. The largest absolute Gasteiger partial charge is 0.508 e. The van der Waals surface area contributed by atoms with Gasteiger partial charge in [0.15, 0.2) is 0 Å². The lowest BCUT2D eigenvalue weighted by atomic mass is 9.95. The zero-order valence-corrected chi connectivity index (χ0v) is 27.0. The van der Waals surface area contributed by atoms with Gasteiger partial charge in [-0.2, -0.15) is 9.97 Å². The van der Waals surface area contributed by atoms with Crippen LogP contribution in [-0.2, 0) is 0 Å². The Kier molecular flexibility index (Phi) is 7.14. The number of urea groups is 1. The van der Waals surface area contributed by atoms with Gasteiger partial charge in [-0.15, -0.1) is 0 Å². The van der Waals surface area contributed by atoms with E-state index in [1.165, 1.54) is 25.7 Å². The van der Waals surface area contributed by atoms with Crippen molar-refractivity contribution < 1.29 is 14.6 Å². The van der Waals surface area contributed by atoms with Crippen molar-refractivity contribution >= 4 is 33.5 Å². The molecule has 0 unspecified atom stereocenters. The highest BCUT2D eigenvalue weighted by Gasteiger charge is 2.46. The third-order valence-corrected chi connectivity index (χ3v) is 11.8. The highest BCUT2D eigenvalue weighted by atomic mass is 16.5. The number of rotatable bonds is 6. The normalized spacial score (nSPS) is 24.0. The van der Waals surface area contributed by atoms with Gasteiger partial charge in [-0.05, 0) is 111 Å². The molecule has 244 valence electrons. The monoisotopic (exact) mass is 632 g/mol. The van der Waals surface area contributed by atoms with Crippen LogP contribution < -0.4 is 15.0 Å². The number of ether oxygens (including phenoxy) is 1. The molecule has 0 radical (unpaired) electrons. The highest BCUT2D eigenvalue weighted by Crippen LogP contribution is 2.41. The number of aromatic nitrogens is 2. The molecule has 1 aromatic heterocycles. The Morgan fingerprint density at radius 2 is 1.66 bits per heavy atom. The molecule has 1 saturated carbocycles. The fraction of sp³-hybridized carbons (Fsp3) is 0.500. The van der Waals surface area contributed by atoms with E-state index in [-0.39, 0.29) is 29.4 Å². The Labute approximate surface area is 275 Å². The molecule has 2 atom stereocenters. The molecule has 5 aliphatic rings. The molecule has 9 rings (SSSR count). The van der Waals surface area contributed by atoms with Crippen LogP contribution in [0.2, 0.25) is 0 Å². The average molecular weight is 633 g/mol.